The number of benzene rings is 1. The van der Waals surface area contributed by atoms with Gasteiger partial charge in [-0.15, -0.1) is 0 Å². The molecule has 6 nitrogen and oxygen atoms in total. The maximum atomic E-state index is 12.9. The average Bonchev–Trinajstić information content (AvgIpc) is 3.06. The number of aryl methyl sites for hydroxylation is 1. The summed E-state index contributed by atoms with van der Waals surface area (Å²) in [6.07, 6.45) is 5.01. The third-order valence-electron chi connectivity index (χ3n) is 5.12. The van der Waals surface area contributed by atoms with E-state index in [1.54, 1.807) is 0 Å². The lowest BCUT2D eigenvalue weighted by Crippen LogP contribution is -2.52. The van der Waals surface area contributed by atoms with E-state index >= 15 is 0 Å². The first-order valence-corrected chi connectivity index (χ1v) is 10.5. The second kappa shape index (κ2) is 7.85. The lowest BCUT2D eigenvalue weighted by atomic mass is 10.1. The first kappa shape index (κ1) is 18.4. The van der Waals surface area contributed by atoms with Crippen LogP contribution in [-0.2, 0) is 21.5 Å². The Morgan fingerprint density at radius 3 is 2.52 bits per heavy atom. The van der Waals surface area contributed by atoms with Gasteiger partial charge in [0.05, 0.1) is 6.54 Å². The Kier molecular flexibility index (Phi) is 5.76. The minimum absolute atomic E-state index is 0.0803. The molecule has 0 atom stereocenters. The fourth-order valence-electron chi connectivity index (χ4n) is 3.62. The van der Waals surface area contributed by atoms with Crippen molar-refractivity contribution in [2.45, 2.75) is 51.6 Å². The molecule has 7 heteroatoms. The molecule has 1 aromatic rings. The fraction of sp³-hybridized carbons (Fsp3) is 0.611. The van der Waals surface area contributed by atoms with E-state index in [2.05, 4.69) is 5.32 Å². The van der Waals surface area contributed by atoms with Gasteiger partial charge in [0.15, 0.2) is 0 Å². The molecular weight excluding hydrogens is 338 g/mol. The number of amides is 1. The van der Waals surface area contributed by atoms with Crippen molar-refractivity contribution in [2.24, 2.45) is 0 Å². The van der Waals surface area contributed by atoms with Crippen LogP contribution in [0.25, 0.3) is 0 Å². The highest BCUT2D eigenvalue weighted by molar-refractivity contribution is 7.86. The Morgan fingerprint density at radius 2 is 1.80 bits per heavy atom. The van der Waals surface area contributed by atoms with E-state index in [1.165, 1.54) is 8.61 Å². The molecule has 3 rings (SSSR count). The van der Waals surface area contributed by atoms with E-state index in [0.29, 0.717) is 19.6 Å². The molecule has 1 heterocycles. The monoisotopic (exact) mass is 365 g/mol. The van der Waals surface area contributed by atoms with Crippen LogP contribution in [-0.4, -0.2) is 48.6 Å². The molecule has 2 aliphatic rings. The second-order valence-electron chi connectivity index (χ2n) is 7.00. The Labute approximate surface area is 150 Å². The number of carbonyl (C=O) groups excluding carboxylic acids is 1. The van der Waals surface area contributed by atoms with Crippen LogP contribution in [0.3, 0.4) is 0 Å². The van der Waals surface area contributed by atoms with Crippen LogP contribution in [0.5, 0.6) is 0 Å². The average molecular weight is 365 g/mol. The maximum absolute atomic E-state index is 12.9. The van der Waals surface area contributed by atoms with Gasteiger partial charge in [0.1, 0.15) is 0 Å². The van der Waals surface area contributed by atoms with Crippen molar-refractivity contribution in [1.82, 2.24) is 13.9 Å². The van der Waals surface area contributed by atoms with Gasteiger partial charge in [0.25, 0.3) is 10.2 Å². The van der Waals surface area contributed by atoms with E-state index in [1.807, 2.05) is 31.2 Å². The summed E-state index contributed by atoms with van der Waals surface area (Å²) < 4.78 is 28.6. The van der Waals surface area contributed by atoms with Crippen molar-refractivity contribution >= 4 is 16.1 Å². The highest BCUT2D eigenvalue weighted by Gasteiger charge is 2.35. The van der Waals surface area contributed by atoms with E-state index in [9.17, 15) is 13.2 Å². The summed E-state index contributed by atoms with van der Waals surface area (Å²) in [6.45, 7) is 3.17. The molecule has 25 heavy (non-hydrogen) atoms. The van der Waals surface area contributed by atoms with Gasteiger partial charge in [0, 0.05) is 25.7 Å². The molecule has 1 amide bonds. The zero-order valence-corrected chi connectivity index (χ0v) is 15.6. The first-order chi connectivity index (χ1) is 12.0. The van der Waals surface area contributed by atoms with E-state index in [-0.39, 0.29) is 18.5 Å². The maximum Gasteiger partial charge on any atom is 0.282 e. The third kappa shape index (κ3) is 4.40. The van der Waals surface area contributed by atoms with Crippen LogP contribution >= 0.6 is 0 Å². The number of rotatable bonds is 5. The molecule has 1 saturated heterocycles. The van der Waals surface area contributed by atoms with Crippen molar-refractivity contribution in [2.75, 3.05) is 19.6 Å². The predicted molar refractivity (Wildman–Crippen MR) is 97.1 cm³/mol. The molecule has 1 aromatic carbocycles. The lowest BCUT2D eigenvalue weighted by molar-refractivity contribution is -0.122. The van der Waals surface area contributed by atoms with Gasteiger partial charge in [-0.1, -0.05) is 37.1 Å². The first-order valence-electron chi connectivity index (χ1n) is 9.06. The summed E-state index contributed by atoms with van der Waals surface area (Å²) in [7, 11) is -3.60. The van der Waals surface area contributed by atoms with Crippen molar-refractivity contribution in [3.05, 3.63) is 35.4 Å². The molecular formula is C18H27N3O3S. The minimum Gasteiger partial charge on any atom is -0.352 e. The highest BCUT2D eigenvalue weighted by atomic mass is 32.2. The third-order valence-corrected chi connectivity index (χ3v) is 7.04. The minimum atomic E-state index is -3.60. The van der Waals surface area contributed by atoms with Gasteiger partial charge in [-0.3, -0.25) is 4.79 Å². The SMILES string of the molecule is Cc1ccccc1CN1CCCN(CC(=O)NC2CCCC2)S1(=O)=O. The molecule has 1 N–H and O–H groups in total. The molecule has 0 bridgehead atoms. The zero-order valence-electron chi connectivity index (χ0n) is 14.8. The van der Waals surface area contributed by atoms with Crippen molar-refractivity contribution in [3.63, 3.8) is 0 Å². The lowest BCUT2D eigenvalue weighted by Gasteiger charge is -2.34. The summed E-state index contributed by atoms with van der Waals surface area (Å²) in [5, 5.41) is 2.97. The van der Waals surface area contributed by atoms with Gasteiger partial charge in [-0.05, 0) is 37.3 Å². The number of hydrogen-bond donors (Lipinski definition) is 1. The van der Waals surface area contributed by atoms with Crippen molar-refractivity contribution in [1.29, 1.82) is 0 Å². The molecule has 1 saturated carbocycles. The summed E-state index contributed by atoms with van der Waals surface area (Å²) >= 11 is 0. The number of nitrogens with zero attached hydrogens (tertiary/aromatic N) is 2. The largest absolute Gasteiger partial charge is 0.352 e. The predicted octanol–water partition coefficient (Wildman–Crippen LogP) is 1.81. The zero-order chi connectivity index (χ0) is 17.9. The molecule has 0 spiro atoms. The summed E-state index contributed by atoms with van der Waals surface area (Å²) in [5.41, 5.74) is 2.08. The van der Waals surface area contributed by atoms with Crippen molar-refractivity contribution in [3.8, 4) is 0 Å². The smallest absolute Gasteiger partial charge is 0.282 e. The van der Waals surface area contributed by atoms with Gasteiger partial charge < -0.3 is 5.32 Å². The fourth-order valence-corrected chi connectivity index (χ4v) is 5.25. The van der Waals surface area contributed by atoms with Crippen molar-refractivity contribution < 1.29 is 13.2 Å². The van der Waals surface area contributed by atoms with Crippen LogP contribution in [0.4, 0.5) is 0 Å². The molecule has 0 aromatic heterocycles. The van der Waals surface area contributed by atoms with Crippen LogP contribution in [0, 0.1) is 6.92 Å². The molecule has 1 aliphatic carbocycles. The van der Waals surface area contributed by atoms with E-state index < -0.39 is 10.2 Å². The molecule has 2 fully saturated rings. The van der Waals surface area contributed by atoms with Crippen LogP contribution in [0.2, 0.25) is 0 Å². The standard InChI is InChI=1S/C18H27N3O3S/c1-15-7-2-3-8-16(15)13-20-11-6-12-21(25(20,23)24)14-18(22)19-17-9-4-5-10-17/h2-3,7-8,17H,4-6,9-14H2,1H3,(H,19,22). The molecule has 138 valence electrons. The van der Waals surface area contributed by atoms with E-state index in [4.69, 9.17) is 0 Å². The van der Waals surface area contributed by atoms with Crippen LogP contribution in [0.1, 0.15) is 43.2 Å². The Hall–Kier alpha value is -1.44. The summed E-state index contributed by atoms with van der Waals surface area (Å²) in [5.74, 6) is -0.187. The number of nitrogens with one attached hydrogen (secondary N) is 1. The topological polar surface area (TPSA) is 69.7 Å². The molecule has 0 radical (unpaired) electrons. The van der Waals surface area contributed by atoms with Crippen LogP contribution in [0.15, 0.2) is 24.3 Å². The van der Waals surface area contributed by atoms with Gasteiger partial charge in [0.2, 0.25) is 5.91 Å². The van der Waals surface area contributed by atoms with Gasteiger partial charge in [-0.2, -0.15) is 17.0 Å². The van der Waals surface area contributed by atoms with Gasteiger partial charge >= 0.3 is 0 Å². The summed E-state index contributed by atoms with van der Waals surface area (Å²) in [6, 6.07) is 8.02. The van der Waals surface area contributed by atoms with E-state index in [0.717, 1.165) is 43.2 Å². The number of hydrogen-bond acceptors (Lipinski definition) is 3. The Bertz CT molecular complexity index is 714. The highest BCUT2D eigenvalue weighted by Crippen LogP contribution is 2.21. The van der Waals surface area contributed by atoms with Crippen LogP contribution < -0.4 is 5.32 Å². The molecule has 1 aliphatic heterocycles. The summed E-state index contributed by atoms with van der Waals surface area (Å²) in [4.78, 5) is 12.2. The molecule has 0 unspecified atom stereocenters. The quantitative estimate of drug-likeness (QED) is 0.865. The normalized spacial score (nSPS) is 22.1. The Morgan fingerprint density at radius 1 is 1.12 bits per heavy atom. The number of carbonyl (C=O) groups is 1. The second-order valence-corrected chi connectivity index (χ2v) is 8.93. The van der Waals surface area contributed by atoms with Gasteiger partial charge in [-0.25, -0.2) is 0 Å². The Balaban J connectivity index is 1.65.